The molecule has 0 fully saturated rings. The van der Waals surface area contributed by atoms with Crippen molar-refractivity contribution in [3.05, 3.63) is 22.2 Å². The molecule has 0 spiro atoms. The standard InChI is InChI=1S/C14H20BrNO4S/c1-9(17)11-7-10(15)8-12(16)13(11)20-5-6-21(18,19)14(2,3)4/h7-8H,5-6,16H2,1-4H3. The summed E-state index contributed by atoms with van der Waals surface area (Å²) in [5, 5.41) is 0. The van der Waals surface area contributed by atoms with Gasteiger partial charge in [-0.1, -0.05) is 15.9 Å². The Labute approximate surface area is 133 Å². The zero-order valence-electron chi connectivity index (χ0n) is 12.6. The van der Waals surface area contributed by atoms with E-state index in [9.17, 15) is 13.2 Å². The molecule has 0 bridgehead atoms. The Balaban J connectivity index is 2.93. The van der Waals surface area contributed by atoms with E-state index < -0.39 is 14.6 Å². The van der Waals surface area contributed by atoms with Crippen molar-refractivity contribution in [2.75, 3.05) is 18.1 Å². The lowest BCUT2D eigenvalue weighted by Crippen LogP contribution is -2.32. The zero-order valence-corrected chi connectivity index (χ0v) is 15.0. The third-order valence-corrected chi connectivity index (χ3v) is 6.02. The number of nitrogens with two attached hydrogens (primary N) is 1. The summed E-state index contributed by atoms with van der Waals surface area (Å²) >= 11 is 3.26. The van der Waals surface area contributed by atoms with E-state index in [1.807, 2.05) is 0 Å². The summed E-state index contributed by atoms with van der Waals surface area (Å²) in [7, 11) is -3.28. The minimum Gasteiger partial charge on any atom is -0.490 e. The van der Waals surface area contributed by atoms with Crippen LogP contribution in [0.1, 0.15) is 38.1 Å². The molecule has 0 saturated carbocycles. The highest BCUT2D eigenvalue weighted by molar-refractivity contribution is 9.10. The van der Waals surface area contributed by atoms with Crippen LogP contribution in [-0.2, 0) is 9.84 Å². The maximum atomic E-state index is 12.0. The number of sulfone groups is 1. The molecule has 0 aliphatic rings. The molecule has 0 amide bonds. The van der Waals surface area contributed by atoms with E-state index in [4.69, 9.17) is 10.5 Å². The molecule has 0 aliphatic carbocycles. The molecule has 5 nitrogen and oxygen atoms in total. The first kappa shape index (κ1) is 18.0. The summed E-state index contributed by atoms with van der Waals surface area (Å²) in [6.07, 6.45) is 0. The first-order valence-electron chi connectivity index (χ1n) is 6.41. The predicted octanol–water partition coefficient (Wildman–Crippen LogP) is 2.83. The van der Waals surface area contributed by atoms with Gasteiger partial charge in [-0.3, -0.25) is 4.79 Å². The van der Waals surface area contributed by atoms with E-state index in [1.165, 1.54) is 6.92 Å². The van der Waals surface area contributed by atoms with Crippen LogP contribution in [0, 0.1) is 0 Å². The summed E-state index contributed by atoms with van der Waals surface area (Å²) in [4.78, 5) is 11.6. The lowest BCUT2D eigenvalue weighted by Gasteiger charge is -2.20. The minimum atomic E-state index is -3.28. The van der Waals surface area contributed by atoms with Crippen molar-refractivity contribution < 1.29 is 17.9 Å². The van der Waals surface area contributed by atoms with Crippen LogP contribution in [0.4, 0.5) is 5.69 Å². The first-order valence-corrected chi connectivity index (χ1v) is 8.85. The topological polar surface area (TPSA) is 86.5 Å². The van der Waals surface area contributed by atoms with Crippen LogP contribution in [0.3, 0.4) is 0 Å². The van der Waals surface area contributed by atoms with Crippen molar-refractivity contribution in [2.45, 2.75) is 32.4 Å². The predicted molar refractivity (Wildman–Crippen MR) is 87.6 cm³/mol. The van der Waals surface area contributed by atoms with E-state index in [2.05, 4.69) is 15.9 Å². The SMILES string of the molecule is CC(=O)c1cc(Br)cc(N)c1OCCS(=O)(=O)C(C)(C)C. The molecule has 1 aromatic rings. The van der Waals surface area contributed by atoms with Gasteiger partial charge in [0.25, 0.3) is 0 Å². The van der Waals surface area contributed by atoms with Crippen LogP contribution >= 0.6 is 15.9 Å². The number of Topliss-reactive ketones (excluding diaryl/α,β-unsaturated/α-hetero) is 1. The van der Waals surface area contributed by atoms with Crippen LogP contribution in [-0.4, -0.2) is 31.3 Å². The third kappa shape index (κ3) is 4.44. The Morgan fingerprint density at radius 3 is 2.38 bits per heavy atom. The molecule has 0 aliphatic heterocycles. The number of benzene rings is 1. The number of carbonyl (C=O) groups excluding carboxylic acids is 1. The quantitative estimate of drug-likeness (QED) is 0.629. The van der Waals surface area contributed by atoms with E-state index in [0.717, 1.165) is 0 Å². The van der Waals surface area contributed by atoms with E-state index in [0.29, 0.717) is 15.7 Å². The Bertz CT molecular complexity index is 648. The first-order chi connectivity index (χ1) is 9.45. The average molecular weight is 378 g/mol. The molecule has 0 atom stereocenters. The zero-order chi connectivity index (χ0) is 16.4. The number of ether oxygens (including phenoxy) is 1. The van der Waals surface area contributed by atoms with Crippen molar-refractivity contribution in [3.63, 3.8) is 0 Å². The van der Waals surface area contributed by atoms with Gasteiger partial charge in [-0.15, -0.1) is 0 Å². The number of carbonyl (C=O) groups is 1. The van der Waals surface area contributed by atoms with Crippen molar-refractivity contribution in [3.8, 4) is 5.75 Å². The van der Waals surface area contributed by atoms with Crippen molar-refractivity contribution in [1.29, 1.82) is 0 Å². The lowest BCUT2D eigenvalue weighted by atomic mass is 10.1. The van der Waals surface area contributed by atoms with Crippen LogP contribution in [0.5, 0.6) is 5.75 Å². The Hall–Kier alpha value is -1.08. The maximum Gasteiger partial charge on any atom is 0.163 e. The lowest BCUT2D eigenvalue weighted by molar-refractivity contribution is 0.101. The Morgan fingerprint density at radius 1 is 1.33 bits per heavy atom. The molecule has 0 unspecified atom stereocenters. The van der Waals surface area contributed by atoms with Gasteiger partial charge < -0.3 is 10.5 Å². The van der Waals surface area contributed by atoms with Crippen LogP contribution < -0.4 is 10.5 Å². The van der Waals surface area contributed by atoms with E-state index >= 15 is 0 Å². The third-order valence-electron chi connectivity index (χ3n) is 2.99. The van der Waals surface area contributed by atoms with Gasteiger partial charge in [0.15, 0.2) is 21.4 Å². The van der Waals surface area contributed by atoms with Gasteiger partial charge in [0.05, 0.1) is 21.8 Å². The number of nitrogen functional groups attached to an aromatic ring is 1. The molecule has 0 heterocycles. The highest BCUT2D eigenvalue weighted by atomic mass is 79.9. The van der Waals surface area contributed by atoms with Gasteiger partial charge in [0.2, 0.25) is 0 Å². The Morgan fingerprint density at radius 2 is 1.90 bits per heavy atom. The monoisotopic (exact) mass is 377 g/mol. The normalized spacial score (nSPS) is 12.2. The molecule has 7 heteroatoms. The second kappa shape index (κ2) is 6.36. The molecule has 21 heavy (non-hydrogen) atoms. The smallest absolute Gasteiger partial charge is 0.163 e. The van der Waals surface area contributed by atoms with Crippen molar-refractivity contribution in [2.24, 2.45) is 0 Å². The molecule has 0 aromatic heterocycles. The van der Waals surface area contributed by atoms with Crippen LogP contribution in [0.25, 0.3) is 0 Å². The highest BCUT2D eigenvalue weighted by Gasteiger charge is 2.28. The van der Waals surface area contributed by atoms with Crippen LogP contribution in [0.15, 0.2) is 16.6 Å². The van der Waals surface area contributed by atoms with Crippen LogP contribution in [0.2, 0.25) is 0 Å². The summed E-state index contributed by atoms with van der Waals surface area (Å²) in [6, 6.07) is 3.21. The highest BCUT2D eigenvalue weighted by Crippen LogP contribution is 2.31. The molecular formula is C14H20BrNO4S. The van der Waals surface area contributed by atoms with Crippen molar-refractivity contribution >= 4 is 37.2 Å². The second-order valence-corrected chi connectivity index (χ2v) is 9.49. The number of hydrogen-bond acceptors (Lipinski definition) is 5. The fraction of sp³-hybridized carbons (Fsp3) is 0.500. The van der Waals surface area contributed by atoms with Gasteiger partial charge in [-0.25, -0.2) is 8.42 Å². The van der Waals surface area contributed by atoms with Gasteiger partial charge >= 0.3 is 0 Å². The van der Waals surface area contributed by atoms with E-state index in [-0.39, 0.29) is 23.9 Å². The summed E-state index contributed by atoms with van der Waals surface area (Å²) in [5.41, 5.74) is 6.46. The second-order valence-electron chi connectivity index (χ2n) is 5.71. The fourth-order valence-corrected chi connectivity index (χ4v) is 2.99. The van der Waals surface area contributed by atoms with Gasteiger partial charge in [0, 0.05) is 4.47 Å². The number of hydrogen-bond donors (Lipinski definition) is 1. The molecule has 2 N–H and O–H groups in total. The summed E-state index contributed by atoms with van der Waals surface area (Å²) < 4.78 is 29.3. The number of ketones is 1. The average Bonchev–Trinajstić information content (AvgIpc) is 2.29. The summed E-state index contributed by atoms with van der Waals surface area (Å²) in [5.74, 6) is -0.102. The largest absolute Gasteiger partial charge is 0.490 e. The molecule has 1 rings (SSSR count). The Kier molecular flexibility index (Phi) is 5.44. The minimum absolute atomic E-state index is 0.0499. The molecule has 1 aromatic carbocycles. The molecular weight excluding hydrogens is 358 g/mol. The molecule has 0 saturated heterocycles. The van der Waals surface area contributed by atoms with Gasteiger partial charge in [-0.05, 0) is 39.8 Å². The van der Waals surface area contributed by atoms with Crippen molar-refractivity contribution in [1.82, 2.24) is 0 Å². The summed E-state index contributed by atoms with van der Waals surface area (Å²) in [6.45, 7) is 6.26. The van der Waals surface area contributed by atoms with Gasteiger partial charge in [0.1, 0.15) is 6.61 Å². The number of halogens is 1. The van der Waals surface area contributed by atoms with E-state index in [1.54, 1.807) is 32.9 Å². The molecule has 0 radical (unpaired) electrons. The van der Waals surface area contributed by atoms with Gasteiger partial charge in [-0.2, -0.15) is 0 Å². The number of anilines is 1. The molecule has 118 valence electrons. The number of rotatable bonds is 5. The maximum absolute atomic E-state index is 12.0. The fourth-order valence-electron chi connectivity index (χ4n) is 1.60.